The molecule has 2 N–H and O–H groups in total. The van der Waals surface area contributed by atoms with E-state index in [0.29, 0.717) is 10.6 Å². The Morgan fingerprint density at radius 1 is 1.67 bits per heavy atom. The largest absolute Gasteiger partial charge is 0.496 e. The van der Waals surface area contributed by atoms with Gasteiger partial charge in [-0.2, -0.15) is 0 Å². The summed E-state index contributed by atoms with van der Waals surface area (Å²) in [6.45, 7) is 3.42. The first kappa shape index (κ1) is 12.0. The van der Waals surface area contributed by atoms with Crippen molar-refractivity contribution in [2.75, 3.05) is 13.7 Å². The Kier molecular flexibility index (Phi) is 3.71. The first-order chi connectivity index (χ1) is 6.98. The van der Waals surface area contributed by atoms with Crippen molar-refractivity contribution in [3.63, 3.8) is 0 Å². The van der Waals surface area contributed by atoms with E-state index < -0.39 is 5.54 Å². The number of aliphatic hydroxyl groups excluding tert-OH is 1. The Bertz CT molecular complexity index is 346. The standard InChI is InChI=1S/C10H15NO3S/c1-10(2,6-12)11-9(13)8-4-7(14-3)5-15-8/h4-5,12H,6H2,1-3H3,(H,11,13). The van der Waals surface area contributed by atoms with Crippen LogP contribution < -0.4 is 10.1 Å². The van der Waals surface area contributed by atoms with E-state index in [1.54, 1.807) is 32.4 Å². The maximum Gasteiger partial charge on any atom is 0.261 e. The van der Waals surface area contributed by atoms with E-state index in [1.165, 1.54) is 11.3 Å². The number of carbonyl (C=O) groups excluding carboxylic acids is 1. The Hall–Kier alpha value is -1.07. The molecule has 1 heterocycles. The molecule has 0 aromatic carbocycles. The van der Waals surface area contributed by atoms with Gasteiger partial charge in [0, 0.05) is 11.4 Å². The van der Waals surface area contributed by atoms with E-state index in [2.05, 4.69) is 5.32 Å². The number of hydrogen-bond donors (Lipinski definition) is 2. The molecule has 1 aromatic rings. The third-order valence-corrected chi connectivity index (χ3v) is 2.79. The maximum atomic E-state index is 11.7. The van der Waals surface area contributed by atoms with Crippen LogP contribution >= 0.6 is 11.3 Å². The van der Waals surface area contributed by atoms with Crippen molar-refractivity contribution < 1.29 is 14.6 Å². The number of carbonyl (C=O) groups is 1. The lowest BCUT2D eigenvalue weighted by Gasteiger charge is -2.22. The Morgan fingerprint density at radius 3 is 2.80 bits per heavy atom. The monoisotopic (exact) mass is 229 g/mol. The number of aliphatic hydroxyl groups is 1. The first-order valence-corrected chi connectivity index (χ1v) is 5.42. The Morgan fingerprint density at radius 2 is 2.33 bits per heavy atom. The normalized spacial score (nSPS) is 11.2. The zero-order valence-corrected chi connectivity index (χ0v) is 9.85. The number of hydrogen-bond acceptors (Lipinski definition) is 4. The second kappa shape index (κ2) is 4.63. The highest BCUT2D eigenvalue weighted by Crippen LogP contribution is 2.21. The molecule has 0 unspecified atom stereocenters. The molecule has 15 heavy (non-hydrogen) atoms. The number of amides is 1. The van der Waals surface area contributed by atoms with E-state index in [0.717, 1.165) is 0 Å². The third kappa shape index (κ3) is 3.21. The predicted molar refractivity (Wildman–Crippen MR) is 59.5 cm³/mol. The van der Waals surface area contributed by atoms with Gasteiger partial charge in [0.05, 0.1) is 24.1 Å². The van der Waals surface area contributed by atoms with Crippen LogP contribution in [-0.4, -0.2) is 30.3 Å². The van der Waals surface area contributed by atoms with E-state index in [4.69, 9.17) is 9.84 Å². The van der Waals surface area contributed by atoms with Gasteiger partial charge in [-0.1, -0.05) is 0 Å². The molecule has 0 saturated carbocycles. The fourth-order valence-corrected chi connectivity index (χ4v) is 1.70. The van der Waals surface area contributed by atoms with Crippen molar-refractivity contribution in [2.24, 2.45) is 0 Å². The van der Waals surface area contributed by atoms with Gasteiger partial charge < -0.3 is 15.2 Å². The van der Waals surface area contributed by atoms with Crippen LogP contribution in [0.3, 0.4) is 0 Å². The third-order valence-electron chi connectivity index (χ3n) is 1.88. The minimum absolute atomic E-state index is 0.0960. The lowest BCUT2D eigenvalue weighted by molar-refractivity contribution is 0.0873. The summed E-state index contributed by atoms with van der Waals surface area (Å²) in [5.41, 5.74) is -0.603. The highest BCUT2D eigenvalue weighted by molar-refractivity contribution is 7.12. The summed E-state index contributed by atoms with van der Waals surface area (Å²) in [6.07, 6.45) is 0. The number of rotatable bonds is 4. The zero-order chi connectivity index (χ0) is 11.5. The van der Waals surface area contributed by atoms with Gasteiger partial charge in [0.15, 0.2) is 0 Å². The molecule has 0 bridgehead atoms. The van der Waals surface area contributed by atoms with Crippen LogP contribution in [0.25, 0.3) is 0 Å². The highest BCUT2D eigenvalue weighted by Gasteiger charge is 2.20. The van der Waals surface area contributed by atoms with Crippen molar-refractivity contribution >= 4 is 17.2 Å². The van der Waals surface area contributed by atoms with E-state index in [-0.39, 0.29) is 12.5 Å². The SMILES string of the molecule is COc1csc(C(=O)NC(C)(C)CO)c1. The lowest BCUT2D eigenvalue weighted by Crippen LogP contribution is -2.46. The summed E-state index contributed by atoms with van der Waals surface area (Å²) >= 11 is 1.31. The molecule has 4 nitrogen and oxygen atoms in total. The average Bonchev–Trinajstić information content (AvgIpc) is 2.65. The molecule has 0 fully saturated rings. The van der Waals surface area contributed by atoms with Crippen molar-refractivity contribution in [3.8, 4) is 5.75 Å². The van der Waals surface area contributed by atoms with Crippen LogP contribution in [-0.2, 0) is 0 Å². The summed E-state index contributed by atoms with van der Waals surface area (Å²) in [5, 5.41) is 13.5. The van der Waals surface area contributed by atoms with Crippen molar-refractivity contribution in [1.82, 2.24) is 5.32 Å². The summed E-state index contributed by atoms with van der Waals surface area (Å²) in [5.74, 6) is 0.481. The van der Waals surface area contributed by atoms with Gasteiger partial charge in [-0.05, 0) is 13.8 Å². The molecule has 0 radical (unpaired) electrons. The van der Waals surface area contributed by atoms with Gasteiger partial charge in [0.1, 0.15) is 5.75 Å². The summed E-state index contributed by atoms with van der Waals surface area (Å²) in [6, 6.07) is 1.67. The molecule has 0 aliphatic heterocycles. The summed E-state index contributed by atoms with van der Waals surface area (Å²) in [7, 11) is 1.56. The molecule has 0 aliphatic carbocycles. The van der Waals surface area contributed by atoms with Crippen LogP contribution in [0.15, 0.2) is 11.4 Å². The second-order valence-electron chi connectivity index (χ2n) is 3.85. The molecular formula is C10H15NO3S. The van der Waals surface area contributed by atoms with Gasteiger partial charge in [0.25, 0.3) is 5.91 Å². The molecule has 5 heteroatoms. The fourth-order valence-electron chi connectivity index (χ4n) is 0.953. The Balaban J connectivity index is 2.69. The molecule has 0 saturated heterocycles. The number of ether oxygens (including phenoxy) is 1. The average molecular weight is 229 g/mol. The lowest BCUT2D eigenvalue weighted by atomic mass is 10.1. The van der Waals surface area contributed by atoms with E-state index >= 15 is 0 Å². The molecule has 1 amide bonds. The van der Waals surface area contributed by atoms with Crippen molar-refractivity contribution in [3.05, 3.63) is 16.3 Å². The zero-order valence-electron chi connectivity index (χ0n) is 9.03. The number of nitrogens with one attached hydrogen (secondary N) is 1. The topological polar surface area (TPSA) is 58.6 Å². The van der Waals surface area contributed by atoms with Crippen LogP contribution in [0, 0.1) is 0 Å². The molecule has 84 valence electrons. The van der Waals surface area contributed by atoms with Gasteiger partial charge in [0.2, 0.25) is 0 Å². The van der Waals surface area contributed by atoms with Crippen LogP contribution in [0.1, 0.15) is 23.5 Å². The first-order valence-electron chi connectivity index (χ1n) is 4.54. The maximum absolute atomic E-state index is 11.7. The molecule has 1 rings (SSSR count). The summed E-state index contributed by atoms with van der Waals surface area (Å²) in [4.78, 5) is 12.3. The van der Waals surface area contributed by atoms with Crippen LogP contribution in [0.4, 0.5) is 0 Å². The minimum atomic E-state index is -0.603. The quantitative estimate of drug-likeness (QED) is 0.817. The highest BCUT2D eigenvalue weighted by atomic mass is 32.1. The second-order valence-corrected chi connectivity index (χ2v) is 4.76. The fraction of sp³-hybridized carbons (Fsp3) is 0.500. The van der Waals surface area contributed by atoms with Crippen molar-refractivity contribution in [1.29, 1.82) is 0 Å². The van der Waals surface area contributed by atoms with E-state index in [9.17, 15) is 4.79 Å². The molecule has 0 aliphatic rings. The number of thiophene rings is 1. The molecule has 0 atom stereocenters. The molecular weight excluding hydrogens is 214 g/mol. The van der Waals surface area contributed by atoms with Crippen molar-refractivity contribution in [2.45, 2.75) is 19.4 Å². The molecule has 0 spiro atoms. The van der Waals surface area contributed by atoms with Crippen LogP contribution in [0.5, 0.6) is 5.75 Å². The predicted octanol–water partition coefficient (Wildman–Crippen LogP) is 1.26. The smallest absolute Gasteiger partial charge is 0.261 e. The van der Waals surface area contributed by atoms with Gasteiger partial charge in [-0.3, -0.25) is 4.79 Å². The summed E-state index contributed by atoms with van der Waals surface area (Å²) < 4.78 is 4.98. The van der Waals surface area contributed by atoms with Gasteiger partial charge in [-0.25, -0.2) is 0 Å². The van der Waals surface area contributed by atoms with E-state index in [1.807, 2.05) is 0 Å². The van der Waals surface area contributed by atoms with Gasteiger partial charge >= 0.3 is 0 Å². The van der Waals surface area contributed by atoms with Gasteiger partial charge in [-0.15, -0.1) is 11.3 Å². The molecule has 1 aromatic heterocycles. The number of methoxy groups -OCH3 is 1. The van der Waals surface area contributed by atoms with Crippen LogP contribution in [0.2, 0.25) is 0 Å². The Labute approximate surface area is 92.9 Å². The minimum Gasteiger partial charge on any atom is -0.496 e.